The number of nitrogens with two attached hydrogens (primary N) is 1. The number of benzene rings is 3. The van der Waals surface area contributed by atoms with Crippen LogP contribution in [0, 0.1) is 6.92 Å². The van der Waals surface area contributed by atoms with Crippen LogP contribution < -0.4 is 10.0 Å². The average Bonchev–Trinajstić information content (AvgIpc) is 3.13. The van der Waals surface area contributed by atoms with Crippen molar-refractivity contribution in [2.45, 2.75) is 30.7 Å². The SMILES string of the molecule is Cc1cccc(C(=O)N(CCc2ccc(S(N)(=O)=O)cc2)C2CC(=O)N(c3ccccc3)C2=O)c1. The van der Waals surface area contributed by atoms with E-state index in [-0.39, 0.29) is 29.7 Å². The van der Waals surface area contributed by atoms with Crippen LogP contribution in [0.15, 0.2) is 83.8 Å². The highest BCUT2D eigenvalue weighted by molar-refractivity contribution is 7.89. The van der Waals surface area contributed by atoms with Crippen molar-refractivity contribution in [3.05, 3.63) is 95.6 Å². The number of anilines is 1. The molecule has 180 valence electrons. The lowest BCUT2D eigenvalue weighted by atomic mass is 10.1. The lowest BCUT2D eigenvalue weighted by Crippen LogP contribution is -2.46. The maximum atomic E-state index is 13.5. The summed E-state index contributed by atoms with van der Waals surface area (Å²) in [4.78, 5) is 42.3. The number of nitrogens with zero attached hydrogens (tertiary/aromatic N) is 2. The standard InChI is InChI=1S/C26H25N3O5S/c1-18-6-5-7-20(16-18)25(31)28(15-14-19-10-12-22(13-11-19)35(27,33)34)23-17-24(30)29(26(23)32)21-8-3-2-4-9-21/h2-13,16,23H,14-15,17H2,1H3,(H2,27,33,34). The monoisotopic (exact) mass is 491 g/mol. The molecule has 0 saturated carbocycles. The van der Waals surface area contributed by atoms with Gasteiger partial charge in [-0.2, -0.15) is 0 Å². The van der Waals surface area contributed by atoms with Crippen LogP contribution >= 0.6 is 0 Å². The fourth-order valence-electron chi connectivity index (χ4n) is 4.15. The molecule has 2 N–H and O–H groups in total. The first kappa shape index (κ1) is 24.3. The maximum absolute atomic E-state index is 13.5. The predicted molar refractivity (Wildman–Crippen MR) is 131 cm³/mol. The van der Waals surface area contributed by atoms with E-state index < -0.39 is 22.0 Å². The van der Waals surface area contributed by atoms with Crippen molar-refractivity contribution in [3.63, 3.8) is 0 Å². The number of imide groups is 1. The maximum Gasteiger partial charge on any atom is 0.257 e. The Labute approximate surface area is 204 Å². The molecule has 35 heavy (non-hydrogen) atoms. The molecule has 3 aromatic rings. The number of carbonyl (C=O) groups is 3. The molecule has 1 saturated heterocycles. The third-order valence-corrected chi connectivity index (χ3v) is 6.86. The van der Waals surface area contributed by atoms with Gasteiger partial charge in [-0.25, -0.2) is 18.5 Å². The van der Waals surface area contributed by atoms with Crippen molar-refractivity contribution in [1.82, 2.24) is 4.90 Å². The number of sulfonamides is 1. The zero-order chi connectivity index (χ0) is 25.2. The topological polar surface area (TPSA) is 118 Å². The van der Waals surface area contributed by atoms with Crippen molar-refractivity contribution in [3.8, 4) is 0 Å². The van der Waals surface area contributed by atoms with Crippen LogP contribution in [-0.2, 0) is 26.0 Å². The van der Waals surface area contributed by atoms with Gasteiger partial charge in [0, 0.05) is 12.1 Å². The Morgan fingerprint density at radius 1 is 1.00 bits per heavy atom. The molecule has 0 radical (unpaired) electrons. The second kappa shape index (κ2) is 9.81. The number of hydrogen-bond donors (Lipinski definition) is 1. The molecule has 1 heterocycles. The minimum atomic E-state index is -3.82. The van der Waals surface area contributed by atoms with Gasteiger partial charge in [0.05, 0.1) is 17.0 Å². The molecule has 0 aromatic heterocycles. The van der Waals surface area contributed by atoms with Crippen LogP contribution in [0.2, 0.25) is 0 Å². The van der Waals surface area contributed by atoms with Crippen molar-refractivity contribution in [2.24, 2.45) is 5.14 Å². The molecule has 0 aliphatic carbocycles. The molecule has 1 unspecified atom stereocenters. The second-order valence-electron chi connectivity index (χ2n) is 8.43. The molecule has 1 atom stereocenters. The number of amides is 3. The van der Waals surface area contributed by atoms with Crippen LogP contribution in [0.1, 0.15) is 27.9 Å². The molecule has 9 heteroatoms. The van der Waals surface area contributed by atoms with E-state index in [1.165, 1.54) is 17.0 Å². The summed E-state index contributed by atoms with van der Waals surface area (Å²) < 4.78 is 23.0. The van der Waals surface area contributed by atoms with Gasteiger partial charge in [0.1, 0.15) is 6.04 Å². The molecule has 3 aromatic carbocycles. The zero-order valence-electron chi connectivity index (χ0n) is 19.1. The van der Waals surface area contributed by atoms with Crippen LogP contribution in [0.25, 0.3) is 0 Å². The minimum absolute atomic E-state index is 0.0102. The molecular weight excluding hydrogens is 466 g/mol. The summed E-state index contributed by atoms with van der Waals surface area (Å²) >= 11 is 0. The molecule has 1 aliphatic rings. The third kappa shape index (κ3) is 5.31. The summed E-state index contributed by atoms with van der Waals surface area (Å²) in [5, 5.41) is 5.16. The first-order valence-corrected chi connectivity index (χ1v) is 12.6. The van der Waals surface area contributed by atoms with E-state index in [9.17, 15) is 22.8 Å². The highest BCUT2D eigenvalue weighted by atomic mass is 32.2. The highest BCUT2D eigenvalue weighted by Crippen LogP contribution is 2.27. The second-order valence-corrected chi connectivity index (χ2v) is 9.99. The third-order valence-electron chi connectivity index (χ3n) is 5.93. The molecule has 0 spiro atoms. The van der Waals surface area contributed by atoms with Gasteiger partial charge in [0.25, 0.3) is 11.8 Å². The van der Waals surface area contributed by atoms with E-state index in [1.54, 1.807) is 60.7 Å². The number of primary sulfonamides is 1. The van der Waals surface area contributed by atoms with Crippen molar-refractivity contribution >= 4 is 33.4 Å². The molecule has 1 fully saturated rings. The van der Waals surface area contributed by atoms with Gasteiger partial charge in [0.2, 0.25) is 15.9 Å². The molecule has 8 nitrogen and oxygen atoms in total. The average molecular weight is 492 g/mol. The van der Waals surface area contributed by atoms with E-state index in [0.717, 1.165) is 16.0 Å². The fraction of sp³-hybridized carbons (Fsp3) is 0.192. The van der Waals surface area contributed by atoms with Crippen LogP contribution in [0.5, 0.6) is 0 Å². The van der Waals surface area contributed by atoms with Gasteiger partial charge in [-0.05, 0) is 55.3 Å². The molecule has 4 rings (SSSR count). The zero-order valence-corrected chi connectivity index (χ0v) is 19.9. The first-order chi connectivity index (χ1) is 16.6. The number of hydrogen-bond acceptors (Lipinski definition) is 5. The molecule has 3 amide bonds. The smallest absolute Gasteiger partial charge is 0.257 e. The summed E-state index contributed by atoms with van der Waals surface area (Å²) in [5.74, 6) is -1.17. The van der Waals surface area contributed by atoms with Crippen LogP contribution in [-0.4, -0.2) is 43.6 Å². The van der Waals surface area contributed by atoms with Gasteiger partial charge in [0.15, 0.2) is 0 Å². The van der Waals surface area contributed by atoms with Crippen molar-refractivity contribution in [1.29, 1.82) is 0 Å². The lowest BCUT2D eigenvalue weighted by molar-refractivity contribution is -0.122. The Hall–Kier alpha value is -3.82. The van der Waals surface area contributed by atoms with Gasteiger partial charge in [-0.15, -0.1) is 0 Å². The van der Waals surface area contributed by atoms with E-state index in [4.69, 9.17) is 5.14 Å². The summed E-state index contributed by atoms with van der Waals surface area (Å²) in [6.45, 7) is 2.03. The number of rotatable bonds is 7. The molecule has 1 aliphatic heterocycles. The fourth-order valence-corrected chi connectivity index (χ4v) is 4.66. The van der Waals surface area contributed by atoms with E-state index in [2.05, 4.69) is 0 Å². The summed E-state index contributed by atoms with van der Waals surface area (Å²) in [5.41, 5.74) is 2.55. The Balaban J connectivity index is 1.62. The van der Waals surface area contributed by atoms with Gasteiger partial charge in [-0.1, -0.05) is 48.0 Å². The summed E-state index contributed by atoms with van der Waals surface area (Å²) in [7, 11) is -3.82. The summed E-state index contributed by atoms with van der Waals surface area (Å²) in [6.07, 6.45) is 0.238. The van der Waals surface area contributed by atoms with Crippen molar-refractivity contribution < 1.29 is 22.8 Å². The van der Waals surface area contributed by atoms with Gasteiger partial charge >= 0.3 is 0 Å². The first-order valence-electron chi connectivity index (χ1n) is 11.1. The molecule has 0 bridgehead atoms. The van der Waals surface area contributed by atoms with Gasteiger partial charge < -0.3 is 4.90 Å². The van der Waals surface area contributed by atoms with E-state index in [0.29, 0.717) is 17.7 Å². The quantitative estimate of drug-likeness (QED) is 0.510. The Kier molecular flexibility index (Phi) is 6.81. The van der Waals surface area contributed by atoms with Crippen LogP contribution in [0.4, 0.5) is 5.69 Å². The predicted octanol–water partition coefficient (Wildman–Crippen LogP) is 2.66. The largest absolute Gasteiger partial charge is 0.326 e. The Bertz CT molecular complexity index is 1370. The minimum Gasteiger partial charge on any atom is -0.326 e. The summed E-state index contributed by atoms with van der Waals surface area (Å²) in [6, 6.07) is 20.8. The number of carbonyl (C=O) groups excluding carboxylic acids is 3. The lowest BCUT2D eigenvalue weighted by Gasteiger charge is -2.28. The van der Waals surface area contributed by atoms with Crippen LogP contribution in [0.3, 0.4) is 0 Å². The van der Waals surface area contributed by atoms with E-state index in [1.807, 2.05) is 13.0 Å². The van der Waals surface area contributed by atoms with Gasteiger partial charge in [-0.3, -0.25) is 14.4 Å². The Morgan fingerprint density at radius 2 is 1.69 bits per heavy atom. The van der Waals surface area contributed by atoms with Crippen molar-refractivity contribution in [2.75, 3.05) is 11.4 Å². The number of para-hydroxylation sites is 1. The van der Waals surface area contributed by atoms with E-state index >= 15 is 0 Å². The molecular formula is C26H25N3O5S. The number of aryl methyl sites for hydroxylation is 1. The highest BCUT2D eigenvalue weighted by Gasteiger charge is 2.44. The Morgan fingerprint density at radius 3 is 2.31 bits per heavy atom. The normalized spacial score (nSPS) is 15.9.